The molecule has 1 heterocycles. The fraction of sp³-hybridized carbons (Fsp3) is 0.167. The van der Waals surface area contributed by atoms with E-state index in [0.717, 1.165) is 11.5 Å². The standard InChI is InChI=1S/C18H16N4O6S/c1-26-14-8-3-11(9-15(14)27-2)17-20-18(29-21-17)19-16(23)10-28-13-6-4-12(5-7-13)22(24)25/h3-9H,10H2,1-2H3,(H,19,20,21,23). The van der Waals surface area contributed by atoms with Gasteiger partial charge in [0.15, 0.2) is 23.9 Å². The summed E-state index contributed by atoms with van der Waals surface area (Å²) >= 11 is 1.03. The first kappa shape index (κ1) is 20.0. The van der Waals surface area contributed by atoms with E-state index in [1.165, 1.54) is 31.4 Å². The number of nitrogens with one attached hydrogen (secondary N) is 1. The van der Waals surface area contributed by atoms with Crippen molar-refractivity contribution in [1.29, 1.82) is 0 Å². The zero-order chi connectivity index (χ0) is 20.8. The molecule has 0 atom stereocenters. The minimum atomic E-state index is -0.512. The molecule has 1 aromatic heterocycles. The fourth-order valence-electron chi connectivity index (χ4n) is 2.34. The summed E-state index contributed by atoms with van der Waals surface area (Å²) < 4.78 is 20.0. The van der Waals surface area contributed by atoms with Crippen LogP contribution in [0.15, 0.2) is 42.5 Å². The lowest BCUT2D eigenvalue weighted by molar-refractivity contribution is -0.384. The maximum absolute atomic E-state index is 12.0. The number of hydrogen-bond donors (Lipinski definition) is 1. The molecule has 0 aliphatic rings. The Balaban J connectivity index is 1.59. The number of non-ortho nitro benzene ring substituents is 1. The van der Waals surface area contributed by atoms with E-state index < -0.39 is 10.8 Å². The van der Waals surface area contributed by atoms with Crippen LogP contribution in [0.25, 0.3) is 11.4 Å². The molecule has 1 amide bonds. The van der Waals surface area contributed by atoms with Crippen LogP contribution in [0.4, 0.5) is 10.8 Å². The summed E-state index contributed by atoms with van der Waals surface area (Å²) in [5.41, 5.74) is 0.653. The van der Waals surface area contributed by atoms with Crippen LogP contribution in [0, 0.1) is 10.1 Å². The molecule has 1 N–H and O–H groups in total. The number of nitro benzene ring substituents is 1. The molecule has 150 valence electrons. The lowest BCUT2D eigenvalue weighted by atomic mass is 10.2. The molecule has 11 heteroatoms. The molecular formula is C18H16N4O6S. The number of methoxy groups -OCH3 is 2. The number of benzene rings is 2. The van der Waals surface area contributed by atoms with Crippen LogP contribution >= 0.6 is 11.5 Å². The Hall–Kier alpha value is -3.73. The van der Waals surface area contributed by atoms with Crippen LogP contribution in [-0.2, 0) is 4.79 Å². The monoisotopic (exact) mass is 416 g/mol. The lowest BCUT2D eigenvalue weighted by Crippen LogP contribution is -2.20. The highest BCUT2D eigenvalue weighted by atomic mass is 32.1. The number of carbonyl (C=O) groups is 1. The van der Waals surface area contributed by atoms with Gasteiger partial charge >= 0.3 is 0 Å². The number of ether oxygens (including phenoxy) is 3. The normalized spacial score (nSPS) is 10.3. The van der Waals surface area contributed by atoms with Gasteiger partial charge in [0.2, 0.25) is 5.13 Å². The van der Waals surface area contributed by atoms with Gasteiger partial charge in [0.25, 0.3) is 11.6 Å². The molecule has 0 unspecified atom stereocenters. The van der Waals surface area contributed by atoms with Crippen molar-refractivity contribution in [3.05, 3.63) is 52.6 Å². The third-order valence-electron chi connectivity index (χ3n) is 3.73. The molecule has 0 saturated carbocycles. The van der Waals surface area contributed by atoms with Crippen molar-refractivity contribution in [2.75, 3.05) is 26.1 Å². The second-order valence-corrected chi connectivity index (χ2v) is 6.33. The summed E-state index contributed by atoms with van der Waals surface area (Å²) in [4.78, 5) is 26.5. The maximum Gasteiger partial charge on any atom is 0.269 e. The van der Waals surface area contributed by atoms with Crippen molar-refractivity contribution in [1.82, 2.24) is 9.36 Å². The zero-order valence-corrected chi connectivity index (χ0v) is 16.3. The van der Waals surface area contributed by atoms with E-state index in [-0.39, 0.29) is 12.3 Å². The lowest BCUT2D eigenvalue weighted by Gasteiger charge is -2.07. The van der Waals surface area contributed by atoms with E-state index in [9.17, 15) is 14.9 Å². The molecule has 0 bridgehead atoms. The van der Waals surface area contributed by atoms with Gasteiger partial charge in [-0.15, -0.1) is 0 Å². The number of carbonyl (C=O) groups excluding carboxylic acids is 1. The summed E-state index contributed by atoms with van der Waals surface area (Å²) in [5, 5.41) is 13.5. The smallest absolute Gasteiger partial charge is 0.269 e. The average molecular weight is 416 g/mol. The molecule has 3 rings (SSSR count). The molecule has 10 nitrogen and oxygen atoms in total. The third kappa shape index (κ3) is 4.96. The van der Waals surface area contributed by atoms with Crippen LogP contribution in [0.3, 0.4) is 0 Å². The zero-order valence-electron chi connectivity index (χ0n) is 15.4. The summed E-state index contributed by atoms with van der Waals surface area (Å²) in [6.07, 6.45) is 0. The largest absolute Gasteiger partial charge is 0.493 e. The van der Waals surface area contributed by atoms with Crippen LogP contribution in [-0.4, -0.2) is 41.0 Å². The molecule has 0 aliphatic carbocycles. The van der Waals surface area contributed by atoms with Crippen LogP contribution in [0.2, 0.25) is 0 Å². The van der Waals surface area contributed by atoms with Crippen LogP contribution < -0.4 is 19.5 Å². The number of anilines is 1. The molecular weight excluding hydrogens is 400 g/mol. The van der Waals surface area contributed by atoms with Gasteiger partial charge in [0.05, 0.1) is 19.1 Å². The van der Waals surface area contributed by atoms with E-state index in [1.54, 1.807) is 25.3 Å². The Bertz CT molecular complexity index is 1020. The van der Waals surface area contributed by atoms with Gasteiger partial charge in [0.1, 0.15) is 5.75 Å². The Morgan fingerprint density at radius 3 is 2.52 bits per heavy atom. The first-order valence-corrected chi connectivity index (χ1v) is 9.00. The molecule has 0 saturated heterocycles. The van der Waals surface area contributed by atoms with Gasteiger partial charge in [-0.25, -0.2) is 0 Å². The minimum absolute atomic E-state index is 0.0571. The van der Waals surface area contributed by atoms with Crippen LogP contribution in [0.1, 0.15) is 0 Å². The molecule has 0 fully saturated rings. The highest BCUT2D eigenvalue weighted by Crippen LogP contribution is 2.32. The highest BCUT2D eigenvalue weighted by Gasteiger charge is 2.13. The van der Waals surface area contributed by atoms with E-state index in [0.29, 0.717) is 33.8 Å². The van der Waals surface area contributed by atoms with E-state index in [2.05, 4.69) is 14.7 Å². The number of hydrogen-bond acceptors (Lipinski definition) is 9. The summed E-state index contributed by atoms with van der Waals surface area (Å²) in [6, 6.07) is 10.7. The van der Waals surface area contributed by atoms with Gasteiger partial charge in [-0.1, -0.05) is 0 Å². The van der Waals surface area contributed by atoms with Gasteiger partial charge in [-0.2, -0.15) is 9.36 Å². The Kier molecular flexibility index (Phi) is 6.19. The van der Waals surface area contributed by atoms with Gasteiger partial charge in [-0.05, 0) is 30.3 Å². The van der Waals surface area contributed by atoms with E-state index >= 15 is 0 Å². The van der Waals surface area contributed by atoms with Crippen molar-refractivity contribution in [3.63, 3.8) is 0 Å². The number of rotatable bonds is 8. The minimum Gasteiger partial charge on any atom is -0.493 e. The van der Waals surface area contributed by atoms with Gasteiger partial charge < -0.3 is 14.2 Å². The predicted octanol–water partition coefficient (Wildman–Crippen LogP) is 3.15. The number of nitro groups is 1. The van der Waals surface area contributed by atoms with Crippen molar-refractivity contribution in [2.45, 2.75) is 0 Å². The van der Waals surface area contributed by atoms with E-state index in [4.69, 9.17) is 14.2 Å². The molecule has 0 aliphatic heterocycles. The van der Waals surface area contributed by atoms with E-state index in [1.807, 2.05) is 0 Å². The molecule has 3 aromatic rings. The Morgan fingerprint density at radius 1 is 1.14 bits per heavy atom. The average Bonchev–Trinajstić information content (AvgIpc) is 3.20. The van der Waals surface area contributed by atoms with Crippen LogP contribution in [0.5, 0.6) is 17.2 Å². The quantitative estimate of drug-likeness (QED) is 0.438. The van der Waals surface area contributed by atoms with Crippen molar-refractivity contribution in [2.24, 2.45) is 0 Å². The highest BCUT2D eigenvalue weighted by molar-refractivity contribution is 7.10. The SMILES string of the molecule is COc1ccc(-c2nsc(NC(=O)COc3ccc([N+](=O)[O-])cc3)n2)cc1OC. The number of amides is 1. The number of nitrogens with zero attached hydrogens (tertiary/aromatic N) is 3. The third-order valence-corrected chi connectivity index (χ3v) is 4.36. The predicted molar refractivity (Wildman–Crippen MR) is 106 cm³/mol. The van der Waals surface area contributed by atoms with Gasteiger partial charge in [0, 0.05) is 29.2 Å². The maximum atomic E-state index is 12.0. The molecule has 0 spiro atoms. The first-order chi connectivity index (χ1) is 14.0. The number of aromatic nitrogens is 2. The summed E-state index contributed by atoms with van der Waals surface area (Å²) in [5.74, 6) is 1.47. The van der Waals surface area contributed by atoms with Crippen molar-refractivity contribution < 1.29 is 23.9 Å². The fourth-order valence-corrected chi connectivity index (χ4v) is 2.94. The summed E-state index contributed by atoms with van der Waals surface area (Å²) in [7, 11) is 3.08. The summed E-state index contributed by atoms with van der Waals surface area (Å²) in [6.45, 7) is -0.275. The van der Waals surface area contributed by atoms with Crippen molar-refractivity contribution >= 4 is 28.3 Å². The first-order valence-electron chi connectivity index (χ1n) is 8.23. The molecule has 2 aromatic carbocycles. The second kappa shape index (κ2) is 8.97. The Labute approximate surface area is 169 Å². The topological polar surface area (TPSA) is 126 Å². The second-order valence-electron chi connectivity index (χ2n) is 5.58. The van der Waals surface area contributed by atoms with Gasteiger partial charge in [-0.3, -0.25) is 20.2 Å². The molecule has 29 heavy (non-hydrogen) atoms. The van der Waals surface area contributed by atoms with Crippen molar-refractivity contribution in [3.8, 4) is 28.6 Å². The Morgan fingerprint density at radius 2 is 1.86 bits per heavy atom. The molecule has 0 radical (unpaired) electrons.